The monoisotopic (exact) mass is 332 g/mol. The Morgan fingerprint density at radius 3 is 2.57 bits per heavy atom. The molecule has 1 amide bonds. The molecule has 1 aromatic heterocycles. The van der Waals surface area contributed by atoms with Gasteiger partial charge >= 0.3 is 5.97 Å². The van der Waals surface area contributed by atoms with Crippen LogP contribution in [0, 0.1) is 0 Å². The van der Waals surface area contributed by atoms with Gasteiger partial charge in [0.2, 0.25) is 5.91 Å². The molecule has 0 fully saturated rings. The third kappa shape index (κ3) is 5.07. The van der Waals surface area contributed by atoms with Crippen molar-refractivity contribution in [2.75, 3.05) is 13.7 Å². The highest BCUT2D eigenvalue weighted by Gasteiger charge is 2.22. The minimum Gasteiger partial charge on any atom is -0.468 e. The van der Waals surface area contributed by atoms with E-state index in [2.05, 4.69) is 10.3 Å². The van der Waals surface area contributed by atoms with Crippen molar-refractivity contribution >= 4 is 23.5 Å². The molecule has 0 aliphatic heterocycles. The Hall–Kier alpha value is -2.40. The van der Waals surface area contributed by atoms with Gasteiger partial charge in [-0.3, -0.25) is 14.6 Å². The second-order valence-electron chi connectivity index (χ2n) is 4.94. The van der Waals surface area contributed by atoms with Crippen LogP contribution in [0.25, 0.3) is 0 Å². The highest BCUT2D eigenvalue weighted by Crippen LogP contribution is 2.16. The molecule has 2 rings (SSSR count). The molecular weight excluding hydrogens is 316 g/mol. The third-order valence-electron chi connectivity index (χ3n) is 3.32. The maximum absolute atomic E-state index is 12.0. The van der Waals surface area contributed by atoms with E-state index in [0.717, 1.165) is 5.56 Å². The highest BCUT2D eigenvalue weighted by molar-refractivity contribution is 6.30. The standard InChI is InChI=1S/C17H17ClN2O3/c1-23-17(22)15(12-5-3-2-4-6-12)11-20-16(21)9-14-8-7-13(18)10-19-14/h2-8,10,15H,9,11H2,1H3,(H,20,21). The lowest BCUT2D eigenvalue weighted by Crippen LogP contribution is -2.33. The van der Waals surface area contributed by atoms with Crippen LogP contribution in [0.3, 0.4) is 0 Å². The van der Waals surface area contributed by atoms with E-state index in [9.17, 15) is 9.59 Å². The molecule has 0 radical (unpaired) electrons. The van der Waals surface area contributed by atoms with Crippen LogP contribution in [-0.2, 0) is 20.7 Å². The summed E-state index contributed by atoms with van der Waals surface area (Å²) in [7, 11) is 1.33. The molecule has 5 nitrogen and oxygen atoms in total. The number of hydrogen-bond acceptors (Lipinski definition) is 4. The number of aromatic nitrogens is 1. The SMILES string of the molecule is COC(=O)C(CNC(=O)Cc1ccc(Cl)cn1)c1ccccc1. The number of pyridine rings is 1. The van der Waals surface area contributed by atoms with Crippen LogP contribution in [0.4, 0.5) is 0 Å². The summed E-state index contributed by atoms with van der Waals surface area (Å²) in [6, 6.07) is 12.6. The van der Waals surface area contributed by atoms with Crippen molar-refractivity contribution in [2.45, 2.75) is 12.3 Å². The Balaban J connectivity index is 1.96. The van der Waals surface area contributed by atoms with Crippen molar-refractivity contribution in [3.05, 3.63) is 64.9 Å². The maximum Gasteiger partial charge on any atom is 0.314 e. The van der Waals surface area contributed by atoms with Gasteiger partial charge in [0.05, 0.1) is 24.5 Å². The minimum absolute atomic E-state index is 0.125. The minimum atomic E-state index is -0.539. The molecular formula is C17H17ClN2O3. The number of nitrogens with one attached hydrogen (secondary N) is 1. The van der Waals surface area contributed by atoms with Crippen molar-refractivity contribution in [3.8, 4) is 0 Å². The van der Waals surface area contributed by atoms with E-state index in [0.29, 0.717) is 10.7 Å². The Kier molecular flexibility index (Phi) is 6.11. The van der Waals surface area contributed by atoms with E-state index in [1.165, 1.54) is 13.3 Å². The number of hydrogen-bond donors (Lipinski definition) is 1. The highest BCUT2D eigenvalue weighted by atomic mass is 35.5. The number of amides is 1. The van der Waals surface area contributed by atoms with Gasteiger partial charge in [0.15, 0.2) is 0 Å². The number of ether oxygens (including phenoxy) is 1. The first-order chi connectivity index (χ1) is 11.1. The second-order valence-corrected chi connectivity index (χ2v) is 5.37. The zero-order chi connectivity index (χ0) is 16.7. The van der Waals surface area contributed by atoms with Gasteiger partial charge in [-0.1, -0.05) is 41.9 Å². The van der Waals surface area contributed by atoms with Crippen LogP contribution in [0.2, 0.25) is 5.02 Å². The number of rotatable bonds is 6. The summed E-state index contributed by atoms with van der Waals surface area (Å²) in [4.78, 5) is 28.0. The normalized spacial score (nSPS) is 11.6. The number of nitrogens with zero attached hydrogens (tertiary/aromatic N) is 1. The molecule has 1 unspecified atom stereocenters. The van der Waals surface area contributed by atoms with Crippen molar-refractivity contribution in [1.82, 2.24) is 10.3 Å². The van der Waals surface area contributed by atoms with Crippen molar-refractivity contribution in [3.63, 3.8) is 0 Å². The summed E-state index contributed by atoms with van der Waals surface area (Å²) in [5.41, 5.74) is 1.41. The van der Waals surface area contributed by atoms with Gasteiger partial charge < -0.3 is 10.1 Å². The number of benzene rings is 1. The summed E-state index contributed by atoms with van der Waals surface area (Å²) in [5.74, 6) is -1.14. The summed E-state index contributed by atoms with van der Waals surface area (Å²) in [6.07, 6.45) is 1.62. The van der Waals surface area contributed by atoms with E-state index in [-0.39, 0.29) is 24.8 Å². The molecule has 0 aliphatic rings. The Morgan fingerprint density at radius 1 is 1.22 bits per heavy atom. The van der Waals surface area contributed by atoms with Gasteiger partial charge in [0.25, 0.3) is 0 Å². The summed E-state index contributed by atoms with van der Waals surface area (Å²) >= 11 is 5.76. The first-order valence-electron chi connectivity index (χ1n) is 7.10. The van der Waals surface area contributed by atoms with Gasteiger partial charge in [-0.25, -0.2) is 0 Å². The van der Waals surface area contributed by atoms with E-state index in [1.807, 2.05) is 30.3 Å². The fourth-order valence-electron chi connectivity index (χ4n) is 2.12. The lowest BCUT2D eigenvalue weighted by molar-refractivity contribution is -0.142. The fourth-order valence-corrected chi connectivity index (χ4v) is 2.23. The fraction of sp³-hybridized carbons (Fsp3) is 0.235. The lowest BCUT2D eigenvalue weighted by Gasteiger charge is -2.15. The maximum atomic E-state index is 12.0. The number of esters is 1. The predicted octanol–water partition coefficient (Wildman–Crippen LogP) is 2.35. The topological polar surface area (TPSA) is 68.3 Å². The smallest absolute Gasteiger partial charge is 0.314 e. The summed E-state index contributed by atoms with van der Waals surface area (Å²) in [5, 5.41) is 3.26. The van der Waals surface area contributed by atoms with Crippen LogP contribution in [0.15, 0.2) is 48.7 Å². The number of carbonyl (C=O) groups excluding carboxylic acids is 2. The largest absolute Gasteiger partial charge is 0.468 e. The first-order valence-corrected chi connectivity index (χ1v) is 7.48. The van der Waals surface area contributed by atoms with Gasteiger partial charge in [-0.2, -0.15) is 0 Å². The molecule has 120 valence electrons. The first kappa shape index (κ1) is 17.0. The molecule has 6 heteroatoms. The summed E-state index contributed by atoms with van der Waals surface area (Å²) < 4.78 is 4.81. The quantitative estimate of drug-likeness (QED) is 0.824. The van der Waals surface area contributed by atoms with Crippen LogP contribution >= 0.6 is 11.6 Å². The average molecular weight is 333 g/mol. The zero-order valence-electron chi connectivity index (χ0n) is 12.7. The lowest BCUT2D eigenvalue weighted by atomic mass is 9.99. The molecule has 0 aliphatic carbocycles. The Bertz CT molecular complexity index is 659. The van der Waals surface area contributed by atoms with Gasteiger partial charge in [-0.05, 0) is 17.7 Å². The molecule has 2 aromatic rings. The predicted molar refractivity (Wildman–Crippen MR) is 87.2 cm³/mol. The molecule has 0 bridgehead atoms. The van der Waals surface area contributed by atoms with E-state index >= 15 is 0 Å². The van der Waals surface area contributed by atoms with Crippen molar-refractivity contribution < 1.29 is 14.3 Å². The molecule has 0 saturated heterocycles. The van der Waals surface area contributed by atoms with E-state index < -0.39 is 5.92 Å². The molecule has 1 atom stereocenters. The molecule has 0 saturated carbocycles. The van der Waals surface area contributed by atoms with Crippen LogP contribution in [-0.4, -0.2) is 30.5 Å². The molecule has 0 spiro atoms. The number of carbonyl (C=O) groups is 2. The third-order valence-corrected chi connectivity index (χ3v) is 3.54. The molecule has 1 heterocycles. The Labute approximate surface area is 139 Å². The number of halogens is 1. The van der Waals surface area contributed by atoms with Crippen LogP contribution < -0.4 is 5.32 Å². The summed E-state index contributed by atoms with van der Waals surface area (Å²) in [6.45, 7) is 0.170. The van der Waals surface area contributed by atoms with Crippen LogP contribution in [0.5, 0.6) is 0 Å². The molecule has 23 heavy (non-hydrogen) atoms. The Morgan fingerprint density at radius 2 is 1.96 bits per heavy atom. The van der Waals surface area contributed by atoms with Crippen molar-refractivity contribution in [1.29, 1.82) is 0 Å². The second kappa shape index (κ2) is 8.29. The van der Waals surface area contributed by atoms with Gasteiger partial charge in [0, 0.05) is 18.4 Å². The van der Waals surface area contributed by atoms with Crippen LogP contribution in [0.1, 0.15) is 17.2 Å². The average Bonchev–Trinajstić information content (AvgIpc) is 2.58. The van der Waals surface area contributed by atoms with Gasteiger partial charge in [-0.15, -0.1) is 0 Å². The van der Waals surface area contributed by atoms with Gasteiger partial charge in [0.1, 0.15) is 0 Å². The molecule has 1 N–H and O–H groups in total. The van der Waals surface area contributed by atoms with Crippen molar-refractivity contribution in [2.24, 2.45) is 0 Å². The zero-order valence-corrected chi connectivity index (χ0v) is 13.4. The number of methoxy groups -OCH3 is 1. The molecule has 1 aromatic carbocycles. The van der Waals surface area contributed by atoms with E-state index in [1.54, 1.807) is 12.1 Å². The van der Waals surface area contributed by atoms with E-state index in [4.69, 9.17) is 16.3 Å².